The van der Waals surface area contributed by atoms with Crippen LogP contribution < -0.4 is 15.0 Å². The normalized spacial score (nSPS) is 16.0. The zero-order valence-electron chi connectivity index (χ0n) is 13.5. The third-order valence-electron chi connectivity index (χ3n) is 3.70. The van der Waals surface area contributed by atoms with E-state index in [1.54, 1.807) is 36.4 Å². The Kier molecular flexibility index (Phi) is 5.27. The Morgan fingerprint density at radius 2 is 1.85 bits per heavy atom. The van der Waals surface area contributed by atoms with E-state index in [2.05, 4.69) is 5.32 Å². The Labute approximate surface area is 165 Å². The monoisotopic (exact) mass is 406 g/mol. The van der Waals surface area contributed by atoms with Gasteiger partial charge >= 0.3 is 0 Å². The number of carbonyl (C=O) groups excluding carboxylic acids is 2. The van der Waals surface area contributed by atoms with E-state index >= 15 is 0 Å². The summed E-state index contributed by atoms with van der Waals surface area (Å²) in [6.07, 6.45) is 1.46. The van der Waals surface area contributed by atoms with Crippen molar-refractivity contribution in [1.82, 2.24) is 5.32 Å². The summed E-state index contributed by atoms with van der Waals surface area (Å²) in [4.78, 5) is 26.4. The third-order valence-corrected chi connectivity index (χ3v) is 4.73. The molecule has 132 valence electrons. The van der Waals surface area contributed by atoms with Crippen molar-refractivity contribution in [2.45, 2.75) is 0 Å². The first-order chi connectivity index (χ1) is 12.4. The van der Waals surface area contributed by atoms with E-state index in [1.807, 2.05) is 0 Å². The molecular weight excluding hydrogens is 395 g/mol. The molecule has 1 aliphatic heterocycles. The van der Waals surface area contributed by atoms with E-state index < -0.39 is 11.8 Å². The predicted molar refractivity (Wildman–Crippen MR) is 106 cm³/mol. The average Bonchev–Trinajstić information content (AvgIpc) is 2.61. The Morgan fingerprint density at radius 3 is 2.54 bits per heavy atom. The zero-order chi connectivity index (χ0) is 18.8. The number of hydrogen-bond acceptors (Lipinski definition) is 4. The van der Waals surface area contributed by atoms with E-state index in [9.17, 15) is 9.59 Å². The number of halogens is 2. The standard InChI is InChI=1S/C18H12Cl2N2O3S/c1-25-15-5-3-2-4-10(15)8-12-16(23)21-18(26)22(17(12)24)11-6-7-13(19)14(20)9-11/h2-9H,1H3,(H,21,23,26). The molecule has 2 aromatic carbocycles. The summed E-state index contributed by atoms with van der Waals surface area (Å²) < 4.78 is 5.26. The fourth-order valence-corrected chi connectivity index (χ4v) is 3.03. The molecule has 26 heavy (non-hydrogen) atoms. The van der Waals surface area contributed by atoms with Gasteiger partial charge in [-0.2, -0.15) is 0 Å². The molecule has 3 rings (SSSR count). The van der Waals surface area contributed by atoms with Crippen molar-refractivity contribution in [3.05, 3.63) is 63.6 Å². The van der Waals surface area contributed by atoms with Gasteiger partial charge in [0.25, 0.3) is 11.8 Å². The summed E-state index contributed by atoms with van der Waals surface area (Å²) in [5, 5.41) is 3.10. The van der Waals surface area contributed by atoms with Crippen LogP contribution >= 0.6 is 35.4 Å². The zero-order valence-corrected chi connectivity index (χ0v) is 15.8. The molecule has 0 atom stereocenters. The summed E-state index contributed by atoms with van der Waals surface area (Å²) >= 11 is 17.1. The lowest BCUT2D eigenvalue weighted by atomic mass is 10.1. The first kappa shape index (κ1) is 18.4. The number of benzene rings is 2. The molecule has 0 spiro atoms. The second-order valence-corrected chi connectivity index (χ2v) is 6.50. The molecule has 8 heteroatoms. The number of para-hydroxylation sites is 1. The molecule has 5 nitrogen and oxygen atoms in total. The molecule has 1 N–H and O–H groups in total. The SMILES string of the molecule is COc1ccccc1C=C1C(=O)NC(=S)N(c2ccc(Cl)c(Cl)c2)C1=O. The molecule has 0 unspecified atom stereocenters. The van der Waals surface area contributed by atoms with Gasteiger partial charge in [-0.15, -0.1) is 0 Å². The van der Waals surface area contributed by atoms with Crippen molar-refractivity contribution in [3.8, 4) is 5.75 Å². The van der Waals surface area contributed by atoms with Gasteiger partial charge in [-0.1, -0.05) is 41.4 Å². The number of rotatable bonds is 3. The minimum Gasteiger partial charge on any atom is -0.496 e. The highest BCUT2D eigenvalue weighted by Gasteiger charge is 2.34. The minimum atomic E-state index is -0.581. The van der Waals surface area contributed by atoms with Crippen molar-refractivity contribution in [3.63, 3.8) is 0 Å². The van der Waals surface area contributed by atoms with Gasteiger partial charge in [-0.25, -0.2) is 0 Å². The molecule has 1 fully saturated rings. The molecule has 0 bridgehead atoms. The third kappa shape index (κ3) is 3.44. The van der Waals surface area contributed by atoms with Gasteiger partial charge in [-0.05, 0) is 42.6 Å². The van der Waals surface area contributed by atoms with Crippen molar-refractivity contribution < 1.29 is 14.3 Å². The molecule has 1 heterocycles. The minimum absolute atomic E-state index is 0.0319. The number of methoxy groups -OCH3 is 1. The number of nitrogens with one attached hydrogen (secondary N) is 1. The molecule has 0 aliphatic carbocycles. The number of carbonyl (C=O) groups is 2. The van der Waals surface area contributed by atoms with Crippen LogP contribution in [0.2, 0.25) is 10.0 Å². The predicted octanol–water partition coefficient (Wildman–Crippen LogP) is 3.83. The van der Waals surface area contributed by atoms with Crippen LogP contribution in [-0.2, 0) is 9.59 Å². The summed E-state index contributed by atoms with van der Waals surface area (Å²) in [6.45, 7) is 0. The second kappa shape index (κ2) is 7.45. The van der Waals surface area contributed by atoms with Gasteiger partial charge < -0.3 is 4.74 Å². The Bertz CT molecular complexity index is 959. The molecule has 0 radical (unpaired) electrons. The first-order valence-electron chi connectivity index (χ1n) is 7.42. The molecule has 2 aromatic rings. The lowest BCUT2D eigenvalue weighted by molar-refractivity contribution is -0.122. The second-order valence-electron chi connectivity index (χ2n) is 5.30. The van der Waals surface area contributed by atoms with Gasteiger partial charge in [0.05, 0.1) is 22.8 Å². The number of amides is 2. The molecular formula is C18H12Cl2N2O3S. The van der Waals surface area contributed by atoms with Crippen LogP contribution in [0.5, 0.6) is 5.75 Å². The number of anilines is 1. The van der Waals surface area contributed by atoms with Crippen LogP contribution in [0.25, 0.3) is 6.08 Å². The molecule has 0 aromatic heterocycles. The fraction of sp³-hybridized carbons (Fsp3) is 0.0556. The summed E-state index contributed by atoms with van der Waals surface area (Å²) in [6, 6.07) is 11.7. The van der Waals surface area contributed by atoms with E-state index in [0.29, 0.717) is 22.0 Å². The Hall–Kier alpha value is -2.41. The topological polar surface area (TPSA) is 58.6 Å². The van der Waals surface area contributed by atoms with Crippen LogP contribution in [0.15, 0.2) is 48.0 Å². The van der Waals surface area contributed by atoms with Gasteiger partial charge in [0.1, 0.15) is 11.3 Å². The number of thiocarbonyl (C=S) groups is 1. The van der Waals surface area contributed by atoms with Crippen LogP contribution in [0.4, 0.5) is 5.69 Å². The molecule has 1 saturated heterocycles. The van der Waals surface area contributed by atoms with Gasteiger partial charge in [-0.3, -0.25) is 19.8 Å². The van der Waals surface area contributed by atoms with Gasteiger partial charge in [0, 0.05) is 5.56 Å². The largest absolute Gasteiger partial charge is 0.496 e. The van der Waals surface area contributed by atoms with E-state index in [-0.39, 0.29) is 15.7 Å². The quantitative estimate of drug-likeness (QED) is 0.477. The van der Waals surface area contributed by atoms with E-state index in [1.165, 1.54) is 24.2 Å². The average molecular weight is 407 g/mol. The fourth-order valence-electron chi connectivity index (χ4n) is 2.46. The summed E-state index contributed by atoms with van der Waals surface area (Å²) in [5.41, 5.74) is 0.921. The lowest BCUT2D eigenvalue weighted by Gasteiger charge is -2.29. The van der Waals surface area contributed by atoms with E-state index in [0.717, 1.165) is 0 Å². The van der Waals surface area contributed by atoms with Gasteiger partial charge in [0.2, 0.25) is 0 Å². The van der Waals surface area contributed by atoms with Crippen LogP contribution in [0, 0.1) is 0 Å². The lowest BCUT2D eigenvalue weighted by Crippen LogP contribution is -2.54. The smallest absolute Gasteiger partial charge is 0.270 e. The van der Waals surface area contributed by atoms with Crippen LogP contribution in [-0.4, -0.2) is 24.0 Å². The van der Waals surface area contributed by atoms with Crippen LogP contribution in [0.3, 0.4) is 0 Å². The number of hydrogen-bond donors (Lipinski definition) is 1. The first-order valence-corrected chi connectivity index (χ1v) is 8.58. The molecule has 0 saturated carbocycles. The van der Waals surface area contributed by atoms with Crippen molar-refractivity contribution in [1.29, 1.82) is 0 Å². The Morgan fingerprint density at radius 1 is 1.12 bits per heavy atom. The van der Waals surface area contributed by atoms with E-state index in [4.69, 9.17) is 40.2 Å². The highest BCUT2D eigenvalue weighted by atomic mass is 35.5. The highest BCUT2D eigenvalue weighted by Crippen LogP contribution is 2.30. The summed E-state index contributed by atoms with van der Waals surface area (Å²) in [7, 11) is 1.51. The molecule has 2 amide bonds. The summed E-state index contributed by atoms with van der Waals surface area (Å²) in [5.74, 6) is -0.611. The Balaban J connectivity index is 2.05. The number of ether oxygens (including phenoxy) is 1. The van der Waals surface area contributed by atoms with Crippen molar-refractivity contribution in [2.24, 2.45) is 0 Å². The van der Waals surface area contributed by atoms with Crippen molar-refractivity contribution >= 4 is 64.1 Å². The molecule has 1 aliphatic rings. The van der Waals surface area contributed by atoms with Gasteiger partial charge in [0.15, 0.2) is 5.11 Å². The van der Waals surface area contributed by atoms with Crippen molar-refractivity contribution in [2.75, 3.05) is 12.0 Å². The number of nitrogens with zero attached hydrogens (tertiary/aromatic N) is 1. The maximum Gasteiger partial charge on any atom is 0.270 e. The maximum absolute atomic E-state index is 12.9. The maximum atomic E-state index is 12.9. The highest BCUT2D eigenvalue weighted by molar-refractivity contribution is 7.80. The van der Waals surface area contributed by atoms with Crippen LogP contribution in [0.1, 0.15) is 5.56 Å².